The van der Waals surface area contributed by atoms with E-state index in [0.29, 0.717) is 19.8 Å². The largest absolute Gasteiger partial charge is 0.481 e. The van der Waals surface area contributed by atoms with E-state index >= 15 is 0 Å². The molecular formula is C22H27NO3. The van der Waals surface area contributed by atoms with E-state index in [1.807, 2.05) is 6.07 Å². The first-order valence-electron chi connectivity index (χ1n) is 9.36. The first-order valence-corrected chi connectivity index (χ1v) is 9.36. The second-order valence-corrected chi connectivity index (χ2v) is 6.96. The van der Waals surface area contributed by atoms with Gasteiger partial charge in [-0.3, -0.25) is 4.79 Å². The van der Waals surface area contributed by atoms with Crippen LogP contribution in [0.5, 0.6) is 0 Å². The number of aliphatic carboxylic acids is 1. The third-order valence-electron chi connectivity index (χ3n) is 5.02. The maximum Gasteiger partial charge on any atom is 0.307 e. The number of ether oxygens (including phenoxy) is 1. The minimum Gasteiger partial charge on any atom is -0.481 e. The summed E-state index contributed by atoms with van der Waals surface area (Å²) in [5.74, 6) is -0.902. The SMILES string of the molecule is O=C(O)C1CCCN(CCOCc2ccccc2Cc2ccccc2)C1. The van der Waals surface area contributed by atoms with Crippen LogP contribution in [0.15, 0.2) is 54.6 Å². The van der Waals surface area contributed by atoms with Crippen LogP contribution in [0.1, 0.15) is 29.5 Å². The number of piperidine rings is 1. The Bertz CT molecular complexity index is 702. The Morgan fingerprint density at radius 2 is 1.81 bits per heavy atom. The van der Waals surface area contributed by atoms with Gasteiger partial charge in [-0.1, -0.05) is 54.6 Å². The van der Waals surface area contributed by atoms with Crippen LogP contribution in [0.2, 0.25) is 0 Å². The van der Waals surface area contributed by atoms with Gasteiger partial charge >= 0.3 is 5.97 Å². The average molecular weight is 353 g/mol. The van der Waals surface area contributed by atoms with Gasteiger partial charge in [0.05, 0.1) is 19.1 Å². The number of rotatable bonds is 8. The summed E-state index contributed by atoms with van der Waals surface area (Å²) >= 11 is 0. The Labute approximate surface area is 155 Å². The summed E-state index contributed by atoms with van der Waals surface area (Å²) in [5, 5.41) is 9.17. The molecule has 1 fully saturated rings. The molecule has 0 saturated carbocycles. The number of likely N-dealkylation sites (tertiary alicyclic amines) is 1. The standard InChI is InChI=1S/C22H27NO3/c24-22(25)20-11-6-12-23(16-20)13-14-26-17-21-10-5-4-9-19(21)15-18-7-2-1-3-8-18/h1-5,7-10,20H,6,11-17H2,(H,24,25). The molecule has 26 heavy (non-hydrogen) atoms. The summed E-state index contributed by atoms with van der Waals surface area (Å²) in [5.41, 5.74) is 3.81. The van der Waals surface area contributed by atoms with Gasteiger partial charge in [0.25, 0.3) is 0 Å². The highest BCUT2D eigenvalue weighted by Gasteiger charge is 2.24. The van der Waals surface area contributed by atoms with E-state index in [4.69, 9.17) is 4.74 Å². The molecule has 0 radical (unpaired) electrons. The summed E-state index contributed by atoms with van der Waals surface area (Å²) < 4.78 is 5.91. The Morgan fingerprint density at radius 1 is 1.08 bits per heavy atom. The van der Waals surface area contributed by atoms with Gasteiger partial charge in [0.1, 0.15) is 0 Å². The predicted octanol–water partition coefficient (Wildman–Crippen LogP) is 3.59. The number of carbonyl (C=O) groups is 1. The summed E-state index contributed by atoms with van der Waals surface area (Å²) in [6.45, 7) is 3.64. The highest BCUT2D eigenvalue weighted by Crippen LogP contribution is 2.17. The molecule has 0 aliphatic carbocycles. The number of nitrogens with zero attached hydrogens (tertiary/aromatic N) is 1. The molecule has 1 saturated heterocycles. The molecule has 0 bridgehead atoms. The second kappa shape index (κ2) is 9.51. The van der Waals surface area contributed by atoms with Crippen LogP contribution >= 0.6 is 0 Å². The van der Waals surface area contributed by atoms with Gasteiger partial charge in [0, 0.05) is 13.1 Å². The highest BCUT2D eigenvalue weighted by molar-refractivity contribution is 5.70. The molecule has 4 heteroatoms. The van der Waals surface area contributed by atoms with Crippen molar-refractivity contribution in [2.45, 2.75) is 25.9 Å². The Kier molecular flexibility index (Phi) is 6.81. The monoisotopic (exact) mass is 353 g/mol. The van der Waals surface area contributed by atoms with E-state index in [0.717, 1.165) is 32.4 Å². The minimum absolute atomic E-state index is 0.227. The number of hydrogen-bond acceptors (Lipinski definition) is 3. The van der Waals surface area contributed by atoms with Crippen molar-refractivity contribution in [3.63, 3.8) is 0 Å². The third-order valence-corrected chi connectivity index (χ3v) is 5.02. The van der Waals surface area contributed by atoms with E-state index in [1.165, 1.54) is 16.7 Å². The summed E-state index contributed by atoms with van der Waals surface area (Å²) in [4.78, 5) is 13.4. The van der Waals surface area contributed by atoms with Crippen molar-refractivity contribution in [1.82, 2.24) is 4.90 Å². The maximum absolute atomic E-state index is 11.1. The zero-order chi connectivity index (χ0) is 18.2. The zero-order valence-electron chi connectivity index (χ0n) is 15.1. The quantitative estimate of drug-likeness (QED) is 0.737. The fourth-order valence-corrected chi connectivity index (χ4v) is 3.52. The van der Waals surface area contributed by atoms with E-state index < -0.39 is 5.97 Å². The smallest absolute Gasteiger partial charge is 0.307 e. The van der Waals surface area contributed by atoms with Gasteiger partial charge in [0.15, 0.2) is 0 Å². The van der Waals surface area contributed by atoms with E-state index in [-0.39, 0.29) is 5.92 Å². The summed E-state index contributed by atoms with van der Waals surface area (Å²) in [6, 6.07) is 18.9. The van der Waals surface area contributed by atoms with Crippen molar-refractivity contribution in [2.75, 3.05) is 26.2 Å². The van der Waals surface area contributed by atoms with Crippen LogP contribution in [-0.4, -0.2) is 42.2 Å². The molecule has 1 atom stereocenters. The van der Waals surface area contributed by atoms with Gasteiger partial charge in [0.2, 0.25) is 0 Å². The van der Waals surface area contributed by atoms with Crippen LogP contribution in [0.3, 0.4) is 0 Å². The number of carboxylic acids is 1. The molecule has 1 unspecified atom stereocenters. The van der Waals surface area contributed by atoms with Crippen molar-refractivity contribution in [3.8, 4) is 0 Å². The Hall–Kier alpha value is -2.17. The van der Waals surface area contributed by atoms with Gasteiger partial charge in [-0.2, -0.15) is 0 Å². The predicted molar refractivity (Wildman–Crippen MR) is 102 cm³/mol. The first-order chi connectivity index (χ1) is 12.7. The van der Waals surface area contributed by atoms with Crippen LogP contribution in [0, 0.1) is 5.92 Å². The van der Waals surface area contributed by atoms with E-state index in [9.17, 15) is 9.90 Å². The van der Waals surface area contributed by atoms with Gasteiger partial charge in [-0.25, -0.2) is 0 Å². The molecule has 0 amide bonds. The third kappa shape index (κ3) is 5.41. The molecular weight excluding hydrogens is 326 g/mol. The Balaban J connectivity index is 1.47. The van der Waals surface area contributed by atoms with Crippen molar-refractivity contribution in [2.24, 2.45) is 5.92 Å². The molecule has 4 nitrogen and oxygen atoms in total. The first kappa shape index (κ1) is 18.6. The molecule has 3 rings (SSSR count). The lowest BCUT2D eigenvalue weighted by atomic mass is 9.98. The second-order valence-electron chi connectivity index (χ2n) is 6.96. The van der Waals surface area contributed by atoms with Crippen LogP contribution in [-0.2, 0) is 22.6 Å². The average Bonchev–Trinajstić information content (AvgIpc) is 2.67. The molecule has 138 valence electrons. The topological polar surface area (TPSA) is 49.8 Å². The summed E-state index contributed by atoms with van der Waals surface area (Å²) in [7, 11) is 0. The zero-order valence-corrected chi connectivity index (χ0v) is 15.1. The lowest BCUT2D eigenvalue weighted by molar-refractivity contribution is -0.143. The van der Waals surface area contributed by atoms with Gasteiger partial charge < -0.3 is 14.7 Å². The van der Waals surface area contributed by atoms with Crippen molar-refractivity contribution < 1.29 is 14.6 Å². The molecule has 1 N–H and O–H groups in total. The molecule has 1 aliphatic heterocycles. The van der Waals surface area contributed by atoms with Crippen molar-refractivity contribution in [3.05, 3.63) is 71.3 Å². The number of benzene rings is 2. The maximum atomic E-state index is 11.1. The van der Waals surface area contributed by atoms with Gasteiger partial charge in [-0.15, -0.1) is 0 Å². The molecule has 0 aromatic heterocycles. The lowest BCUT2D eigenvalue weighted by Gasteiger charge is -2.30. The summed E-state index contributed by atoms with van der Waals surface area (Å²) in [6.07, 6.45) is 2.66. The molecule has 1 aliphatic rings. The van der Waals surface area contributed by atoms with Gasteiger partial charge in [-0.05, 0) is 42.5 Å². The van der Waals surface area contributed by atoms with Crippen LogP contribution < -0.4 is 0 Å². The Morgan fingerprint density at radius 3 is 2.58 bits per heavy atom. The molecule has 1 heterocycles. The fourth-order valence-electron chi connectivity index (χ4n) is 3.52. The number of carboxylic acid groups (broad SMARTS) is 1. The van der Waals surface area contributed by atoms with E-state index in [2.05, 4.69) is 53.4 Å². The minimum atomic E-state index is -0.676. The lowest BCUT2D eigenvalue weighted by Crippen LogP contribution is -2.40. The number of hydrogen-bond donors (Lipinski definition) is 1. The molecule has 2 aromatic carbocycles. The van der Waals surface area contributed by atoms with Crippen molar-refractivity contribution in [1.29, 1.82) is 0 Å². The van der Waals surface area contributed by atoms with Crippen LogP contribution in [0.25, 0.3) is 0 Å². The highest BCUT2D eigenvalue weighted by atomic mass is 16.5. The fraction of sp³-hybridized carbons (Fsp3) is 0.409. The van der Waals surface area contributed by atoms with Crippen LogP contribution in [0.4, 0.5) is 0 Å². The molecule has 2 aromatic rings. The normalized spacial score (nSPS) is 17.9. The van der Waals surface area contributed by atoms with Crippen molar-refractivity contribution >= 4 is 5.97 Å². The molecule has 0 spiro atoms. The van der Waals surface area contributed by atoms with E-state index in [1.54, 1.807) is 0 Å².